The highest BCUT2D eigenvalue weighted by molar-refractivity contribution is 7.98. The standard InChI is InChI=1S/C24H20N6O2S2/c31-23(26-13-11-17-7-4-5-12-25-17)19-15-33-21(27-19)16-34-24-29-28-22(20-10-6-14-32-20)30(24)18-8-2-1-3-9-18/h1-10,12,14-15H,11,13,16H2,(H,26,31). The van der Waals surface area contributed by atoms with Gasteiger partial charge in [0.25, 0.3) is 5.91 Å². The lowest BCUT2D eigenvalue weighted by Crippen LogP contribution is -2.26. The monoisotopic (exact) mass is 488 g/mol. The van der Waals surface area contributed by atoms with Crippen molar-refractivity contribution in [3.63, 3.8) is 0 Å². The summed E-state index contributed by atoms with van der Waals surface area (Å²) in [5.41, 5.74) is 2.30. The van der Waals surface area contributed by atoms with Crippen LogP contribution in [0.4, 0.5) is 0 Å². The highest BCUT2D eigenvalue weighted by Gasteiger charge is 2.19. The second kappa shape index (κ2) is 10.4. The molecule has 0 fully saturated rings. The molecule has 5 rings (SSSR count). The Balaban J connectivity index is 1.25. The maximum atomic E-state index is 12.5. The van der Waals surface area contributed by atoms with Crippen molar-refractivity contribution in [3.05, 3.63) is 94.9 Å². The molecule has 170 valence electrons. The Morgan fingerprint density at radius 2 is 1.94 bits per heavy atom. The van der Waals surface area contributed by atoms with E-state index in [4.69, 9.17) is 4.42 Å². The van der Waals surface area contributed by atoms with Crippen molar-refractivity contribution in [1.29, 1.82) is 0 Å². The van der Waals surface area contributed by atoms with E-state index in [2.05, 4.69) is 25.5 Å². The number of thiazole rings is 1. The predicted molar refractivity (Wildman–Crippen MR) is 131 cm³/mol. The molecule has 1 N–H and O–H groups in total. The van der Waals surface area contributed by atoms with Gasteiger partial charge in [0.05, 0.1) is 12.0 Å². The number of nitrogens with zero attached hydrogens (tertiary/aromatic N) is 5. The van der Waals surface area contributed by atoms with Crippen molar-refractivity contribution in [2.24, 2.45) is 0 Å². The zero-order valence-corrected chi connectivity index (χ0v) is 19.6. The Kier molecular flexibility index (Phi) is 6.78. The first kappa shape index (κ1) is 22.1. The van der Waals surface area contributed by atoms with Crippen LogP contribution in [0, 0.1) is 0 Å². The SMILES string of the molecule is O=C(NCCc1ccccn1)c1csc(CSc2nnc(-c3ccco3)n2-c2ccccc2)n1. The summed E-state index contributed by atoms with van der Waals surface area (Å²) < 4.78 is 7.52. The van der Waals surface area contributed by atoms with Gasteiger partial charge in [-0.05, 0) is 36.4 Å². The van der Waals surface area contributed by atoms with Crippen LogP contribution in [0.2, 0.25) is 0 Å². The molecule has 1 amide bonds. The normalized spacial score (nSPS) is 10.9. The summed E-state index contributed by atoms with van der Waals surface area (Å²) in [5, 5.41) is 15.0. The van der Waals surface area contributed by atoms with Crippen LogP contribution in [0.3, 0.4) is 0 Å². The molecule has 0 unspecified atom stereocenters. The van der Waals surface area contributed by atoms with Gasteiger partial charge in [0.2, 0.25) is 5.82 Å². The molecule has 0 bridgehead atoms. The van der Waals surface area contributed by atoms with Gasteiger partial charge in [-0.2, -0.15) is 0 Å². The Morgan fingerprint density at radius 3 is 2.74 bits per heavy atom. The lowest BCUT2D eigenvalue weighted by molar-refractivity contribution is 0.0949. The molecule has 1 aromatic carbocycles. The Morgan fingerprint density at radius 1 is 1.06 bits per heavy atom. The van der Waals surface area contributed by atoms with Gasteiger partial charge in [-0.3, -0.25) is 14.3 Å². The number of thioether (sulfide) groups is 1. The van der Waals surface area contributed by atoms with Gasteiger partial charge in [0.1, 0.15) is 10.7 Å². The fraction of sp³-hybridized carbons (Fsp3) is 0.125. The quantitative estimate of drug-likeness (QED) is 0.302. The van der Waals surface area contributed by atoms with E-state index in [1.165, 1.54) is 23.1 Å². The van der Waals surface area contributed by atoms with Gasteiger partial charge in [-0.1, -0.05) is 36.0 Å². The second-order valence-corrected chi connectivity index (χ2v) is 9.08. The third-order valence-corrected chi connectivity index (χ3v) is 6.86. The number of nitrogens with one attached hydrogen (secondary N) is 1. The largest absolute Gasteiger partial charge is 0.461 e. The fourth-order valence-corrected chi connectivity index (χ4v) is 5.03. The first-order chi connectivity index (χ1) is 16.8. The van der Waals surface area contributed by atoms with Crippen molar-refractivity contribution in [2.45, 2.75) is 17.3 Å². The Labute approximate surface area is 204 Å². The predicted octanol–water partition coefficient (Wildman–Crippen LogP) is 4.64. The molecule has 0 spiro atoms. The summed E-state index contributed by atoms with van der Waals surface area (Å²) in [6.45, 7) is 0.507. The van der Waals surface area contributed by atoms with Crippen LogP contribution in [0.1, 0.15) is 21.2 Å². The number of amides is 1. The first-order valence-electron chi connectivity index (χ1n) is 10.6. The minimum absolute atomic E-state index is 0.184. The Hall–Kier alpha value is -3.76. The summed E-state index contributed by atoms with van der Waals surface area (Å²) in [6, 6.07) is 19.3. The third-order valence-electron chi connectivity index (χ3n) is 4.89. The topological polar surface area (TPSA) is 98.7 Å². The molecule has 0 aliphatic heterocycles. The van der Waals surface area contributed by atoms with Gasteiger partial charge < -0.3 is 9.73 Å². The van der Waals surface area contributed by atoms with Crippen LogP contribution in [0.15, 0.2) is 88.1 Å². The molecule has 34 heavy (non-hydrogen) atoms. The first-order valence-corrected chi connectivity index (χ1v) is 12.4. The van der Waals surface area contributed by atoms with E-state index in [1.807, 2.05) is 65.2 Å². The maximum absolute atomic E-state index is 12.5. The molecule has 8 nitrogen and oxygen atoms in total. The molecule has 0 atom stereocenters. The summed E-state index contributed by atoms with van der Waals surface area (Å²) in [7, 11) is 0. The maximum Gasteiger partial charge on any atom is 0.270 e. The van der Waals surface area contributed by atoms with Crippen LogP contribution in [0.25, 0.3) is 17.3 Å². The summed E-state index contributed by atoms with van der Waals surface area (Å²) >= 11 is 2.96. The van der Waals surface area contributed by atoms with Gasteiger partial charge >= 0.3 is 0 Å². The lowest BCUT2D eigenvalue weighted by Gasteiger charge is -2.08. The number of furan rings is 1. The van der Waals surface area contributed by atoms with E-state index < -0.39 is 0 Å². The van der Waals surface area contributed by atoms with Crippen LogP contribution >= 0.6 is 23.1 Å². The van der Waals surface area contributed by atoms with Crippen LogP contribution in [-0.2, 0) is 12.2 Å². The number of benzene rings is 1. The van der Waals surface area contributed by atoms with Crippen LogP contribution in [0.5, 0.6) is 0 Å². The van der Waals surface area contributed by atoms with E-state index in [0.717, 1.165) is 16.4 Å². The highest BCUT2D eigenvalue weighted by atomic mass is 32.2. The molecular weight excluding hydrogens is 468 g/mol. The zero-order chi connectivity index (χ0) is 23.2. The molecule has 4 heterocycles. The van der Waals surface area contributed by atoms with Gasteiger partial charge in [0, 0.05) is 35.9 Å². The number of carbonyl (C=O) groups is 1. The van der Waals surface area contributed by atoms with E-state index in [-0.39, 0.29) is 5.91 Å². The number of para-hydroxylation sites is 1. The van der Waals surface area contributed by atoms with E-state index in [1.54, 1.807) is 17.8 Å². The van der Waals surface area contributed by atoms with E-state index in [0.29, 0.717) is 41.2 Å². The van der Waals surface area contributed by atoms with Crippen LogP contribution in [-0.4, -0.2) is 37.2 Å². The van der Waals surface area contributed by atoms with Crippen molar-refractivity contribution in [3.8, 4) is 17.3 Å². The molecule has 10 heteroatoms. The Bertz CT molecular complexity index is 1350. The van der Waals surface area contributed by atoms with Crippen molar-refractivity contribution >= 4 is 29.0 Å². The van der Waals surface area contributed by atoms with Gasteiger partial charge in [0.15, 0.2) is 10.9 Å². The minimum Gasteiger partial charge on any atom is -0.461 e. The third kappa shape index (κ3) is 5.08. The van der Waals surface area contributed by atoms with E-state index in [9.17, 15) is 4.79 Å². The average Bonchev–Trinajstić information content (AvgIpc) is 3.65. The van der Waals surface area contributed by atoms with Gasteiger partial charge in [-0.25, -0.2) is 4.98 Å². The molecule has 4 aromatic heterocycles. The second-order valence-electron chi connectivity index (χ2n) is 7.20. The lowest BCUT2D eigenvalue weighted by atomic mass is 10.2. The molecule has 0 saturated heterocycles. The summed E-state index contributed by atoms with van der Waals surface area (Å²) in [6.07, 6.45) is 4.04. The van der Waals surface area contributed by atoms with Crippen LogP contribution < -0.4 is 5.32 Å². The number of pyridine rings is 1. The molecule has 0 saturated carbocycles. The minimum atomic E-state index is -0.184. The number of hydrogen-bond acceptors (Lipinski definition) is 8. The summed E-state index contributed by atoms with van der Waals surface area (Å²) in [5.74, 6) is 1.65. The van der Waals surface area contributed by atoms with Crippen molar-refractivity contribution in [2.75, 3.05) is 6.54 Å². The molecule has 0 aliphatic rings. The zero-order valence-electron chi connectivity index (χ0n) is 18.0. The fourth-order valence-electron chi connectivity index (χ4n) is 3.29. The smallest absolute Gasteiger partial charge is 0.270 e. The summed E-state index contributed by atoms with van der Waals surface area (Å²) in [4.78, 5) is 21.2. The number of aromatic nitrogens is 5. The van der Waals surface area contributed by atoms with Crippen molar-refractivity contribution in [1.82, 2.24) is 30.0 Å². The van der Waals surface area contributed by atoms with E-state index >= 15 is 0 Å². The average molecular weight is 489 g/mol. The number of hydrogen-bond donors (Lipinski definition) is 1. The molecule has 0 radical (unpaired) electrons. The number of carbonyl (C=O) groups excluding carboxylic acids is 1. The number of rotatable bonds is 9. The highest BCUT2D eigenvalue weighted by Crippen LogP contribution is 2.30. The molecule has 0 aliphatic carbocycles. The molecular formula is C24H20N6O2S2. The van der Waals surface area contributed by atoms with Crippen molar-refractivity contribution < 1.29 is 9.21 Å². The molecule has 5 aromatic rings. The van der Waals surface area contributed by atoms with Gasteiger partial charge in [-0.15, -0.1) is 21.5 Å².